The van der Waals surface area contributed by atoms with Gasteiger partial charge in [0.05, 0.1) is 23.0 Å². The molecule has 2 aromatic rings. The number of halogens is 2. The number of rotatable bonds is 6. The summed E-state index contributed by atoms with van der Waals surface area (Å²) in [6.45, 7) is 5.47. The third kappa shape index (κ3) is 5.61. The summed E-state index contributed by atoms with van der Waals surface area (Å²) in [5.41, 5.74) is 3.40. The van der Waals surface area contributed by atoms with Gasteiger partial charge in [-0.1, -0.05) is 41.4 Å². The summed E-state index contributed by atoms with van der Waals surface area (Å²) in [5, 5.41) is 3.35. The summed E-state index contributed by atoms with van der Waals surface area (Å²) >= 11 is 12.1. The van der Waals surface area contributed by atoms with Crippen LogP contribution in [0.25, 0.3) is 0 Å². The van der Waals surface area contributed by atoms with Crippen LogP contribution in [0.4, 0.5) is 5.69 Å². The Morgan fingerprint density at radius 1 is 1.11 bits per heavy atom. The van der Waals surface area contributed by atoms with Crippen molar-refractivity contribution >= 4 is 44.8 Å². The van der Waals surface area contributed by atoms with E-state index >= 15 is 0 Å². The van der Waals surface area contributed by atoms with Crippen LogP contribution >= 0.6 is 23.2 Å². The molecule has 0 aliphatic rings. The first-order valence-corrected chi connectivity index (χ1v) is 10.9. The third-order valence-corrected chi connectivity index (χ3v) is 5.95. The second-order valence-corrected chi connectivity index (χ2v) is 9.25. The molecule has 2 aromatic carbocycles. The van der Waals surface area contributed by atoms with Crippen molar-refractivity contribution in [2.24, 2.45) is 0 Å². The molecule has 5 nitrogen and oxygen atoms in total. The molecule has 0 saturated carbocycles. The molecular weight excluding hydrogens is 407 g/mol. The van der Waals surface area contributed by atoms with Gasteiger partial charge in [0.1, 0.15) is 6.54 Å². The Morgan fingerprint density at radius 3 is 2.37 bits per heavy atom. The Balaban J connectivity index is 2.21. The van der Waals surface area contributed by atoms with Gasteiger partial charge in [-0.3, -0.25) is 9.10 Å². The van der Waals surface area contributed by atoms with Gasteiger partial charge < -0.3 is 5.32 Å². The Bertz CT molecular complexity index is 961. The molecule has 8 heteroatoms. The fraction of sp³-hybridized carbons (Fsp3) is 0.316. The van der Waals surface area contributed by atoms with E-state index < -0.39 is 22.5 Å². The fourth-order valence-electron chi connectivity index (χ4n) is 2.59. The van der Waals surface area contributed by atoms with Crippen molar-refractivity contribution in [3.8, 4) is 0 Å². The van der Waals surface area contributed by atoms with E-state index in [1.54, 1.807) is 6.07 Å². The molecule has 1 amide bonds. The molecule has 146 valence electrons. The second kappa shape index (κ2) is 8.50. The minimum Gasteiger partial charge on any atom is -0.348 e. The van der Waals surface area contributed by atoms with Crippen molar-refractivity contribution in [1.82, 2.24) is 5.32 Å². The van der Waals surface area contributed by atoms with Gasteiger partial charge in [0.25, 0.3) is 0 Å². The summed E-state index contributed by atoms with van der Waals surface area (Å²) in [6.07, 6.45) is 1.02. The van der Waals surface area contributed by atoms with E-state index in [1.165, 1.54) is 12.1 Å². The van der Waals surface area contributed by atoms with Crippen LogP contribution in [-0.4, -0.2) is 27.1 Å². The molecule has 27 heavy (non-hydrogen) atoms. The van der Waals surface area contributed by atoms with E-state index in [-0.39, 0.29) is 16.8 Å². The lowest BCUT2D eigenvalue weighted by molar-refractivity contribution is -0.120. The van der Waals surface area contributed by atoms with Crippen LogP contribution in [0.15, 0.2) is 36.4 Å². The van der Waals surface area contributed by atoms with E-state index in [4.69, 9.17) is 23.2 Å². The molecule has 1 unspecified atom stereocenters. The number of aryl methyl sites for hydroxylation is 2. The minimum absolute atomic E-state index is 0.167. The quantitative estimate of drug-likeness (QED) is 0.747. The van der Waals surface area contributed by atoms with Crippen LogP contribution in [-0.2, 0) is 14.8 Å². The van der Waals surface area contributed by atoms with Gasteiger partial charge in [-0.05, 0) is 55.7 Å². The van der Waals surface area contributed by atoms with Crippen LogP contribution < -0.4 is 9.62 Å². The normalized spacial score (nSPS) is 12.5. The predicted octanol–water partition coefficient (Wildman–Crippen LogP) is 4.25. The zero-order valence-corrected chi connectivity index (χ0v) is 17.9. The van der Waals surface area contributed by atoms with Crippen molar-refractivity contribution in [3.05, 3.63) is 63.1 Å². The summed E-state index contributed by atoms with van der Waals surface area (Å²) in [7, 11) is -3.74. The number of amides is 1. The van der Waals surface area contributed by atoms with Gasteiger partial charge in [-0.2, -0.15) is 0 Å². The van der Waals surface area contributed by atoms with Crippen LogP contribution in [0.2, 0.25) is 10.0 Å². The van der Waals surface area contributed by atoms with Crippen LogP contribution in [0.5, 0.6) is 0 Å². The Hall–Kier alpha value is -1.76. The molecule has 0 aromatic heterocycles. The van der Waals surface area contributed by atoms with Gasteiger partial charge in [-0.15, -0.1) is 0 Å². The minimum atomic E-state index is -3.74. The van der Waals surface area contributed by atoms with Crippen molar-refractivity contribution in [1.29, 1.82) is 0 Å². The lowest BCUT2D eigenvalue weighted by Gasteiger charge is -2.24. The Labute approximate surface area is 170 Å². The Kier molecular flexibility index (Phi) is 6.78. The largest absolute Gasteiger partial charge is 0.348 e. The van der Waals surface area contributed by atoms with Gasteiger partial charge in [0.2, 0.25) is 15.9 Å². The van der Waals surface area contributed by atoms with E-state index in [1.807, 2.05) is 39.0 Å². The first-order chi connectivity index (χ1) is 12.5. The van der Waals surface area contributed by atoms with E-state index in [9.17, 15) is 13.2 Å². The van der Waals surface area contributed by atoms with Crippen LogP contribution in [0, 0.1) is 13.8 Å². The fourth-order valence-corrected chi connectivity index (χ4v) is 3.89. The van der Waals surface area contributed by atoms with E-state index in [0.29, 0.717) is 5.02 Å². The van der Waals surface area contributed by atoms with Gasteiger partial charge in [-0.25, -0.2) is 8.42 Å². The highest BCUT2D eigenvalue weighted by atomic mass is 35.5. The highest BCUT2D eigenvalue weighted by Crippen LogP contribution is 2.30. The third-order valence-electron chi connectivity index (χ3n) is 4.27. The summed E-state index contributed by atoms with van der Waals surface area (Å²) in [5.74, 6) is -0.442. The summed E-state index contributed by atoms with van der Waals surface area (Å²) in [6, 6.07) is 10.1. The monoisotopic (exact) mass is 428 g/mol. The molecule has 0 bridgehead atoms. The zero-order chi connectivity index (χ0) is 20.4. The van der Waals surface area contributed by atoms with Gasteiger partial charge >= 0.3 is 0 Å². The van der Waals surface area contributed by atoms with Gasteiger partial charge in [0.15, 0.2) is 0 Å². The van der Waals surface area contributed by atoms with Crippen molar-refractivity contribution in [3.63, 3.8) is 0 Å². The highest BCUT2D eigenvalue weighted by Gasteiger charge is 2.24. The number of nitrogens with zero attached hydrogens (tertiary/aromatic N) is 1. The maximum atomic E-state index is 12.5. The molecule has 2 rings (SSSR count). The second-order valence-electron chi connectivity index (χ2n) is 6.50. The zero-order valence-electron chi connectivity index (χ0n) is 15.6. The number of hydrogen-bond acceptors (Lipinski definition) is 3. The van der Waals surface area contributed by atoms with Crippen LogP contribution in [0.3, 0.4) is 0 Å². The lowest BCUT2D eigenvalue weighted by atomic mass is 10.0. The molecule has 0 aliphatic heterocycles. The lowest BCUT2D eigenvalue weighted by Crippen LogP contribution is -2.41. The smallest absolute Gasteiger partial charge is 0.241 e. The average molecular weight is 429 g/mol. The number of sulfonamides is 1. The average Bonchev–Trinajstić information content (AvgIpc) is 2.56. The number of carbonyl (C=O) groups excluding carboxylic acids is 1. The predicted molar refractivity (Wildman–Crippen MR) is 111 cm³/mol. The van der Waals surface area contributed by atoms with Crippen LogP contribution in [0.1, 0.15) is 29.7 Å². The van der Waals surface area contributed by atoms with E-state index in [2.05, 4.69) is 5.32 Å². The first-order valence-electron chi connectivity index (χ1n) is 8.28. The molecule has 1 N–H and O–H groups in total. The first kappa shape index (κ1) is 21.5. The number of carbonyl (C=O) groups is 1. The van der Waals surface area contributed by atoms with Crippen molar-refractivity contribution in [2.45, 2.75) is 26.8 Å². The van der Waals surface area contributed by atoms with Gasteiger partial charge in [0, 0.05) is 5.02 Å². The molecule has 0 spiro atoms. The number of anilines is 1. The molecular formula is C19H22Cl2N2O3S. The van der Waals surface area contributed by atoms with Crippen molar-refractivity contribution in [2.75, 3.05) is 17.1 Å². The molecule has 0 fully saturated rings. The van der Waals surface area contributed by atoms with Crippen molar-refractivity contribution < 1.29 is 13.2 Å². The Morgan fingerprint density at radius 2 is 1.78 bits per heavy atom. The number of benzene rings is 2. The SMILES string of the molecule is Cc1ccc(C(C)NC(=O)CN(c2cc(Cl)ccc2Cl)S(C)(=O)=O)cc1C. The molecule has 0 aliphatic carbocycles. The molecule has 1 atom stereocenters. The molecule has 0 radical (unpaired) electrons. The molecule has 0 saturated heterocycles. The summed E-state index contributed by atoms with van der Waals surface area (Å²) < 4.78 is 25.4. The maximum absolute atomic E-state index is 12.5. The standard InChI is InChI=1S/C19H22Cl2N2O3S/c1-12-5-6-15(9-13(12)2)14(3)22-19(24)11-23(27(4,25)26)18-10-16(20)7-8-17(18)21/h5-10,14H,11H2,1-4H3,(H,22,24). The van der Waals surface area contributed by atoms with E-state index in [0.717, 1.165) is 27.3 Å². The topological polar surface area (TPSA) is 66.5 Å². The number of hydrogen-bond donors (Lipinski definition) is 1. The molecule has 0 heterocycles. The number of nitrogens with one attached hydrogen (secondary N) is 1. The highest BCUT2D eigenvalue weighted by molar-refractivity contribution is 7.92. The maximum Gasteiger partial charge on any atom is 0.241 e. The summed E-state index contributed by atoms with van der Waals surface area (Å²) in [4.78, 5) is 12.5.